The van der Waals surface area contributed by atoms with Crippen molar-refractivity contribution in [1.29, 1.82) is 0 Å². The summed E-state index contributed by atoms with van der Waals surface area (Å²) in [6.07, 6.45) is 7.13. The molecule has 0 bridgehead atoms. The van der Waals surface area contributed by atoms with E-state index >= 15 is 0 Å². The third-order valence-electron chi connectivity index (χ3n) is 2.59. The highest BCUT2D eigenvalue weighted by Crippen LogP contribution is 2.07. The lowest BCUT2D eigenvalue weighted by Gasteiger charge is -2.16. The normalized spacial score (nSPS) is 12.7. The molecule has 1 aromatic heterocycles. The molecule has 0 aliphatic rings. The molecule has 2 nitrogen and oxygen atoms in total. The van der Waals surface area contributed by atoms with Gasteiger partial charge in [-0.1, -0.05) is 6.92 Å². The zero-order valence-electron chi connectivity index (χ0n) is 9.79. The quantitative estimate of drug-likeness (QED) is 0.804. The lowest BCUT2D eigenvalue weighted by atomic mass is 10.1. The maximum atomic E-state index is 4.15. The van der Waals surface area contributed by atoms with Gasteiger partial charge in [0.2, 0.25) is 0 Å². The van der Waals surface area contributed by atoms with Crippen molar-refractivity contribution in [3.05, 3.63) is 29.6 Å². The Labute approximate surface area is 96.9 Å². The fourth-order valence-electron chi connectivity index (χ4n) is 1.46. The summed E-state index contributed by atoms with van der Waals surface area (Å²) >= 11 is 1.90. The van der Waals surface area contributed by atoms with Gasteiger partial charge < -0.3 is 5.32 Å². The van der Waals surface area contributed by atoms with Gasteiger partial charge in [-0.15, -0.1) is 0 Å². The maximum absolute atomic E-state index is 4.15. The molecule has 84 valence electrons. The summed E-state index contributed by atoms with van der Waals surface area (Å²) in [5.74, 6) is 1.18. The topological polar surface area (TPSA) is 24.9 Å². The molecule has 1 heterocycles. The van der Waals surface area contributed by atoms with Crippen molar-refractivity contribution >= 4 is 11.8 Å². The monoisotopic (exact) mass is 224 g/mol. The number of hydrogen-bond acceptors (Lipinski definition) is 3. The van der Waals surface area contributed by atoms with Crippen molar-refractivity contribution in [2.75, 3.05) is 12.0 Å². The fourth-order valence-corrected chi connectivity index (χ4v) is 2.21. The average molecular weight is 224 g/mol. The first kappa shape index (κ1) is 12.5. The smallest absolute Gasteiger partial charge is 0.0315 e. The molecule has 0 saturated heterocycles. The summed E-state index contributed by atoms with van der Waals surface area (Å²) in [5, 5.41) is 3.57. The van der Waals surface area contributed by atoms with Crippen molar-refractivity contribution in [1.82, 2.24) is 10.3 Å². The molecule has 0 spiro atoms. The Hall–Kier alpha value is -0.540. The van der Waals surface area contributed by atoms with Crippen LogP contribution in [0.1, 0.15) is 24.5 Å². The van der Waals surface area contributed by atoms with E-state index < -0.39 is 0 Å². The van der Waals surface area contributed by atoms with Crippen LogP contribution in [0.15, 0.2) is 18.5 Å². The number of nitrogens with one attached hydrogen (secondary N) is 1. The van der Waals surface area contributed by atoms with Crippen LogP contribution in [0.3, 0.4) is 0 Å². The predicted molar refractivity (Wildman–Crippen MR) is 68.3 cm³/mol. The second kappa shape index (κ2) is 6.85. The van der Waals surface area contributed by atoms with Crippen molar-refractivity contribution in [2.45, 2.75) is 32.9 Å². The molecule has 0 amide bonds. The van der Waals surface area contributed by atoms with Gasteiger partial charge in [0.15, 0.2) is 0 Å². The van der Waals surface area contributed by atoms with Gasteiger partial charge in [-0.2, -0.15) is 11.8 Å². The van der Waals surface area contributed by atoms with Crippen LogP contribution >= 0.6 is 11.8 Å². The molecule has 1 atom stereocenters. The van der Waals surface area contributed by atoms with Crippen LogP contribution in [0.25, 0.3) is 0 Å². The van der Waals surface area contributed by atoms with Gasteiger partial charge in [-0.3, -0.25) is 4.98 Å². The minimum absolute atomic E-state index is 0.611. The van der Waals surface area contributed by atoms with Gasteiger partial charge in [0.05, 0.1) is 0 Å². The number of thioether (sulfide) groups is 1. The van der Waals surface area contributed by atoms with E-state index in [2.05, 4.69) is 36.5 Å². The molecule has 1 rings (SSSR count). The summed E-state index contributed by atoms with van der Waals surface area (Å²) in [5.41, 5.74) is 2.62. The highest BCUT2D eigenvalue weighted by molar-refractivity contribution is 7.98. The Balaban J connectivity index is 2.45. The maximum Gasteiger partial charge on any atom is 0.0315 e. The van der Waals surface area contributed by atoms with Crippen LogP contribution in [0, 0.1) is 6.92 Å². The standard InChI is InChI=1S/C12H20N2S/c1-4-12(9-15-3)14-8-11-7-13-6-5-10(11)2/h5-7,12,14H,4,8-9H2,1-3H3. The summed E-state index contributed by atoms with van der Waals surface area (Å²) < 4.78 is 0. The number of pyridine rings is 1. The van der Waals surface area contributed by atoms with E-state index in [4.69, 9.17) is 0 Å². The Morgan fingerprint density at radius 2 is 2.33 bits per heavy atom. The highest BCUT2D eigenvalue weighted by atomic mass is 32.2. The van der Waals surface area contributed by atoms with E-state index in [0.29, 0.717) is 6.04 Å². The zero-order chi connectivity index (χ0) is 11.1. The van der Waals surface area contributed by atoms with Gasteiger partial charge in [0, 0.05) is 30.7 Å². The third-order valence-corrected chi connectivity index (χ3v) is 3.33. The molecule has 1 N–H and O–H groups in total. The Morgan fingerprint density at radius 3 is 2.93 bits per heavy atom. The molecule has 1 unspecified atom stereocenters. The van der Waals surface area contributed by atoms with Gasteiger partial charge >= 0.3 is 0 Å². The van der Waals surface area contributed by atoms with Crippen LogP contribution in [0.5, 0.6) is 0 Å². The van der Waals surface area contributed by atoms with E-state index in [0.717, 1.165) is 6.54 Å². The van der Waals surface area contributed by atoms with E-state index in [1.54, 1.807) is 0 Å². The fraction of sp³-hybridized carbons (Fsp3) is 0.583. The molecule has 0 aromatic carbocycles. The SMILES string of the molecule is CCC(CSC)NCc1cnccc1C. The second-order valence-electron chi connectivity index (χ2n) is 3.74. The number of aryl methyl sites for hydroxylation is 1. The van der Waals surface area contributed by atoms with Crippen molar-refractivity contribution in [3.8, 4) is 0 Å². The minimum atomic E-state index is 0.611. The molecule has 0 aliphatic heterocycles. The Morgan fingerprint density at radius 1 is 1.53 bits per heavy atom. The van der Waals surface area contributed by atoms with Crippen LogP contribution in [0.2, 0.25) is 0 Å². The first-order chi connectivity index (χ1) is 7.27. The van der Waals surface area contributed by atoms with Gasteiger partial charge in [-0.05, 0) is 36.8 Å². The Kier molecular flexibility index (Phi) is 5.73. The second-order valence-corrected chi connectivity index (χ2v) is 4.65. The van der Waals surface area contributed by atoms with Crippen LogP contribution in [-0.2, 0) is 6.54 Å². The molecule has 3 heteroatoms. The predicted octanol–water partition coefficient (Wildman–Crippen LogP) is 2.62. The van der Waals surface area contributed by atoms with Gasteiger partial charge in [-0.25, -0.2) is 0 Å². The van der Waals surface area contributed by atoms with Crippen LogP contribution in [-0.4, -0.2) is 23.0 Å². The van der Waals surface area contributed by atoms with Gasteiger partial charge in [0.25, 0.3) is 0 Å². The molecule has 1 aromatic rings. The summed E-state index contributed by atoms with van der Waals surface area (Å²) in [4.78, 5) is 4.15. The number of nitrogens with zero attached hydrogens (tertiary/aromatic N) is 1. The van der Waals surface area contributed by atoms with Crippen molar-refractivity contribution < 1.29 is 0 Å². The first-order valence-electron chi connectivity index (χ1n) is 5.39. The lowest BCUT2D eigenvalue weighted by molar-refractivity contribution is 0.540. The molecule has 15 heavy (non-hydrogen) atoms. The first-order valence-corrected chi connectivity index (χ1v) is 6.79. The number of rotatable bonds is 6. The van der Waals surface area contributed by atoms with Crippen LogP contribution < -0.4 is 5.32 Å². The van der Waals surface area contributed by atoms with Crippen molar-refractivity contribution in [2.24, 2.45) is 0 Å². The number of aromatic nitrogens is 1. The lowest BCUT2D eigenvalue weighted by Crippen LogP contribution is -2.30. The highest BCUT2D eigenvalue weighted by Gasteiger charge is 2.05. The molecule has 0 fully saturated rings. The van der Waals surface area contributed by atoms with E-state index in [9.17, 15) is 0 Å². The summed E-state index contributed by atoms with van der Waals surface area (Å²) in [7, 11) is 0. The van der Waals surface area contributed by atoms with Crippen LogP contribution in [0.4, 0.5) is 0 Å². The van der Waals surface area contributed by atoms with E-state index in [1.807, 2.05) is 24.2 Å². The molecule has 0 aliphatic carbocycles. The van der Waals surface area contributed by atoms with Gasteiger partial charge in [0.1, 0.15) is 0 Å². The molecular weight excluding hydrogens is 204 g/mol. The molecule has 0 saturated carbocycles. The largest absolute Gasteiger partial charge is 0.309 e. The Bertz CT molecular complexity index is 289. The zero-order valence-corrected chi connectivity index (χ0v) is 10.6. The third kappa shape index (κ3) is 4.22. The van der Waals surface area contributed by atoms with E-state index in [-0.39, 0.29) is 0 Å². The van der Waals surface area contributed by atoms with E-state index in [1.165, 1.54) is 23.3 Å². The van der Waals surface area contributed by atoms with Crippen molar-refractivity contribution in [3.63, 3.8) is 0 Å². The summed E-state index contributed by atoms with van der Waals surface area (Å²) in [6.45, 7) is 5.29. The number of hydrogen-bond donors (Lipinski definition) is 1. The average Bonchev–Trinajstić information content (AvgIpc) is 2.26. The minimum Gasteiger partial charge on any atom is -0.309 e. The molecular formula is C12H20N2S. The molecule has 0 radical (unpaired) electrons. The summed E-state index contributed by atoms with van der Waals surface area (Å²) in [6, 6.07) is 2.67.